The number of rotatable bonds is 2. The molecular formula is C14H16N4O2. The van der Waals surface area contributed by atoms with E-state index in [9.17, 15) is 9.59 Å². The highest BCUT2D eigenvalue weighted by molar-refractivity contribution is 6.04. The van der Waals surface area contributed by atoms with E-state index in [4.69, 9.17) is 0 Å². The molecule has 1 saturated heterocycles. The minimum atomic E-state index is -0.471. The van der Waals surface area contributed by atoms with Crippen LogP contribution in [0.2, 0.25) is 0 Å². The topological polar surface area (TPSA) is 65.0 Å². The van der Waals surface area contributed by atoms with Gasteiger partial charge in [0.05, 0.1) is 0 Å². The number of hydrogen-bond acceptors (Lipinski definition) is 4. The first-order chi connectivity index (χ1) is 9.58. The van der Waals surface area contributed by atoms with Crippen LogP contribution in [0.1, 0.15) is 5.56 Å². The minimum absolute atomic E-state index is 0.232. The van der Waals surface area contributed by atoms with Gasteiger partial charge >= 0.3 is 6.03 Å². The Morgan fingerprint density at radius 1 is 1.20 bits per heavy atom. The fraction of sp³-hybridized carbons (Fsp3) is 0.357. The molecule has 0 unspecified atom stereocenters. The summed E-state index contributed by atoms with van der Waals surface area (Å²) in [6.07, 6.45) is 0.192. The number of urea groups is 1. The fourth-order valence-corrected chi connectivity index (χ4v) is 2.56. The van der Waals surface area contributed by atoms with Crippen LogP contribution in [0.5, 0.6) is 0 Å². The lowest BCUT2D eigenvalue weighted by molar-refractivity contribution is -0.133. The van der Waals surface area contributed by atoms with Crippen molar-refractivity contribution >= 4 is 17.8 Å². The smallest absolute Gasteiger partial charge is 0.328 e. The lowest BCUT2D eigenvalue weighted by Crippen LogP contribution is -2.63. The van der Waals surface area contributed by atoms with Crippen molar-refractivity contribution in [3.63, 3.8) is 0 Å². The third-order valence-electron chi connectivity index (χ3n) is 3.70. The summed E-state index contributed by atoms with van der Waals surface area (Å²) in [5, 5.41) is 3.14. The molecule has 0 radical (unpaired) electrons. The van der Waals surface area contributed by atoms with E-state index in [0.717, 1.165) is 16.3 Å². The summed E-state index contributed by atoms with van der Waals surface area (Å²) >= 11 is 0. The molecule has 2 atom stereocenters. The van der Waals surface area contributed by atoms with Gasteiger partial charge in [-0.25, -0.2) is 9.79 Å². The molecule has 1 aromatic carbocycles. The molecule has 3 rings (SSSR count). The van der Waals surface area contributed by atoms with Crippen molar-refractivity contribution in [3.8, 4) is 0 Å². The van der Waals surface area contributed by atoms with Gasteiger partial charge in [0.25, 0.3) is 5.91 Å². The summed E-state index contributed by atoms with van der Waals surface area (Å²) in [7, 11) is 3.16. The number of nitrogens with one attached hydrogen (secondary N) is 1. The highest BCUT2D eigenvalue weighted by Crippen LogP contribution is 2.21. The van der Waals surface area contributed by atoms with Gasteiger partial charge in [0.15, 0.2) is 6.17 Å². The highest BCUT2D eigenvalue weighted by atomic mass is 16.2. The Kier molecular flexibility index (Phi) is 2.93. The molecule has 0 saturated carbocycles. The number of hydrogen-bond donors (Lipinski definition) is 1. The molecule has 1 aromatic rings. The number of amides is 3. The maximum absolute atomic E-state index is 12.1. The first-order valence-electron chi connectivity index (χ1n) is 6.49. The number of imide groups is 1. The van der Waals surface area contributed by atoms with E-state index in [-0.39, 0.29) is 11.9 Å². The molecule has 2 aliphatic rings. The van der Waals surface area contributed by atoms with E-state index in [1.54, 1.807) is 7.05 Å². The third-order valence-corrected chi connectivity index (χ3v) is 3.70. The molecule has 1 fully saturated rings. The molecule has 104 valence electrons. The van der Waals surface area contributed by atoms with Gasteiger partial charge in [-0.05, 0) is 5.56 Å². The molecule has 0 aromatic heterocycles. The predicted molar refractivity (Wildman–Crippen MR) is 74.2 cm³/mol. The minimum Gasteiger partial charge on any atom is -0.359 e. The summed E-state index contributed by atoms with van der Waals surface area (Å²) in [6, 6.07) is 9.12. The molecule has 0 spiro atoms. The SMILES string of the molecule is CN1C(=O)[C@@H]2NC(Cc3ccccc3)=N[C@@H]2N(C)C1=O. The van der Waals surface area contributed by atoms with Gasteiger partial charge in [-0.15, -0.1) is 0 Å². The summed E-state index contributed by atoms with van der Waals surface area (Å²) in [6.45, 7) is 0. The summed E-state index contributed by atoms with van der Waals surface area (Å²) < 4.78 is 0. The Morgan fingerprint density at radius 3 is 2.60 bits per heavy atom. The van der Waals surface area contributed by atoms with Gasteiger partial charge in [0.1, 0.15) is 11.9 Å². The number of benzene rings is 1. The zero-order valence-electron chi connectivity index (χ0n) is 11.4. The van der Waals surface area contributed by atoms with E-state index in [1.165, 1.54) is 11.9 Å². The van der Waals surface area contributed by atoms with E-state index >= 15 is 0 Å². The Labute approximate surface area is 117 Å². The maximum Gasteiger partial charge on any atom is 0.328 e. The van der Waals surface area contributed by atoms with Crippen LogP contribution in [-0.2, 0) is 11.2 Å². The normalized spacial score (nSPS) is 25.4. The zero-order valence-corrected chi connectivity index (χ0v) is 11.4. The van der Waals surface area contributed by atoms with Crippen LogP contribution < -0.4 is 5.32 Å². The lowest BCUT2D eigenvalue weighted by atomic mass is 10.1. The number of carbonyl (C=O) groups excluding carboxylic acids is 2. The second kappa shape index (κ2) is 4.63. The average Bonchev–Trinajstić information content (AvgIpc) is 2.88. The van der Waals surface area contributed by atoms with Crippen molar-refractivity contribution in [2.45, 2.75) is 18.6 Å². The fourth-order valence-electron chi connectivity index (χ4n) is 2.56. The average molecular weight is 272 g/mol. The van der Waals surface area contributed by atoms with Gasteiger partial charge in [0.2, 0.25) is 0 Å². The number of carbonyl (C=O) groups is 2. The van der Waals surface area contributed by atoms with Crippen LogP contribution in [0.3, 0.4) is 0 Å². The van der Waals surface area contributed by atoms with Gasteiger partial charge < -0.3 is 10.2 Å². The van der Waals surface area contributed by atoms with Gasteiger partial charge in [-0.2, -0.15) is 0 Å². The number of nitrogens with zero attached hydrogens (tertiary/aromatic N) is 3. The molecule has 1 N–H and O–H groups in total. The molecule has 20 heavy (non-hydrogen) atoms. The lowest BCUT2D eigenvalue weighted by Gasteiger charge is -2.36. The quantitative estimate of drug-likeness (QED) is 0.850. The van der Waals surface area contributed by atoms with E-state index in [2.05, 4.69) is 10.3 Å². The first-order valence-corrected chi connectivity index (χ1v) is 6.49. The molecule has 6 nitrogen and oxygen atoms in total. The molecular weight excluding hydrogens is 256 g/mol. The number of amidine groups is 1. The van der Waals surface area contributed by atoms with Crippen molar-refractivity contribution in [1.82, 2.24) is 15.1 Å². The molecule has 3 amide bonds. The van der Waals surface area contributed by atoms with Crippen molar-refractivity contribution in [3.05, 3.63) is 35.9 Å². The summed E-state index contributed by atoms with van der Waals surface area (Å²) in [5.41, 5.74) is 1.12. The Balaban J connectivity index is 1.81. The van der Waals surface area contributed by atoms with Gasteiger partial charge in [-0.1, -0.05) is 30.3 Å². The number of aliphatic imine (C=N–C) groups is 1. The molecule has 0 aliphatic carbocycles. The third kappa shape index (κ3) is 1.93. The van der Waals surface area contributed by atoms with E-state index in [0.29, 0.717) is 6.42 Å². The standard InChI is InChI=1S/C14H16N4O2/c1-17-12-11(13(19)18(2)14(17)20)15-10(16-12)8-9-6-4-3-5-7-9/h3-7,11-12H,8H2,1-2H3,(H,15,16)/t11-,12-/m1/s1. The molecule has 6 heteroatoms. The van der Waals surface area contributed by atoms with Crippen LogP contribution in [0.15, 0.2) is 35.3 Å². The summed E-state index contributed by atoms with van der Waals surface area (Å²) in [4.78, 5) is 31.1. The van der Waals surface area contributed by atoms with Crippen molar-refractivity contribution in [2.24, 2.45) is 4.99 Å². The van der Waals surface area contributed by atoms with Crippen molar-refractivity contribution in [2.75, 3.05) is 14.1 Å². The summed E-state index contributed by atoms with van der Waals surface area (Å²) in [5.74, 6) is 0.513. The molecule has 2 heterocycles. The Morgan fingerprint density at radius 2 is 1.90 bits per heavy atom. The van der Waals surface area contributed by atoms with E-state index in [1.807, 2.05) is 30.3 Å². The predicted octanol–water partition coefficient (Wildman–Crippen LogP) is 0.449. The Hall–Kier alpha value is -2.37. The van der Waals surface area contributed by atoms with Crippen LogP contribution >= 0.6 is 0 Å². The Bertz CT molecular complexity index is 584. The van der Waals surface area contributed by atoms with Crippen LogP contribution in [0.4, 0.5) is 4.79 Å². The molecule has 2 aliphatic heterocycles. The van der Waals surface area contributed by atoms with Crippen LogP contribution in [-0.4, -0.2) is 53.9 Å². The number of likely N-dealkylation sites (N-methyl/N-ethyl adjacent to an activating group) is 2. The van der Waals surface area contributed by atoms with Crippen LogP contribution in [0, 0.1) is 0 Å². The largest absolute Gasteiger partial charge is 0.359 e. The second-order valence-electron chi connectivity index (χ2n) is 5.06. The second-order valence-corrected chi connectivity index (χ2v) is 5.06. The monoisotopic (exact) mass is 272 g/mol. The van der Waals surface area contributed by atoms with Gasteiger partial charge in [-0.3, -0.25) is 9.69 Å². The number of fused-ring (bicyclic) bond motifs is 1. The van der Waals surface area contributed by atoms with Gasteiger partial charge in [0, 0.05) is 20.5 Å². The van der Waals surface area contributed by atoms with Crippen molar-refractivity contribution in [1.29, 1.82) is 0 Å². The van der Waals surface area contributed by atoms with Crippen molar-refractivity contribution < 1.29 is 9.59 Å². The zero-order chi connectivity index (χ0) is 14.3. The molecule has 0 bridgehead atoms. The maximum atomic E-state index is 12.1. The first kappa shape index (κ1) is 12.7. The van der Waals surface area contributed by atoms with Crippen LogP contribution in [0.25, 0.3) is 0 Å². The van der Waals surface area contributed by atoms with E-state index < -0.39 is 12.2 Å². The highest BCUT2D eigenvalue weighted by Gasteiger charge is 2.46.